The zero-order valence-electron chi connectivity index (χ0n) is 18.3. The summed E-state index contributed by atoms with van der Waals surface area (Å²) in [5, 5.41) is 12.3. The van der Waals surface area contributed by atoms with Gasteiger partial charge in [0.15, 0.2) is 10.9 Å². The van der Waals surface area contributed by atoms with Crippen molar-refractivity contribution in [1.29, 1.82) is 0 Å². The highest BCUT2D eigenvalue weighted by Gasteiger charge is 2.23. The molecule has 0 saturated carbocycles. The number of benzene rings is 1. The first kappa shape index (κ1) is 24.6. The Hall–Kier alpha value is -3.09. The van der Waals surface area contributed by atoms with Crippen LogP contribution >= 0.6 is 11.8 Å². The van der Waals surface area contributed by atoms with Gasteiger partial charge in [-0.25, -0.2) is 9.97 Å². The lowest BCUT2D eigenvalue weighted by Crippen LogP contribution is -2.21. The first-order valence-electron chi connectivity index (χ1n) is 9.95. The first-order chi connectivity index (χ1) is 15.7. The van der Waals surface area contributed by atoms with Crippen LogP contribution in [0.1, 0.15) is 23.0 Å². The van der Waals surface area contributed by atoms with E-state index in [1.165, 1.54) is 49.0 Å². The molecular weight excluding hydrogens is 466 g/mol. The third-order valence-electron chi connectivity index (χ3n) is 4.29. The van der Waals surface area contributed by atoms with Gasteiger partial charge in [0.2, 0.25) is 5.09 Å². The van der Waals surface area contributed by atoms with Gasteiger partial charge in [0.1, 0.15) is 11.6 Å². The monoisotopic (exact) mass is 491 g/mol. The molecule has 3 aromatic rings. The molecule has 1 aromatic carbocycles. The van der Waals surface area contributed by atoms with Crippen LogP contribution in [0.5, 0.6) is 0 Å². The lowest BCUT2D eigenvalue weighted by atomic mass is 10.2. The third kappa shape index (κ3) is 6.70. The summed E-state index contributed by atoms with van der Waals surface area (Å²) in [4.78, 5) is 22.0. The summed E-state index contributed by atoms with van der Waals surface area (Å²) >= 11 is 1.34. The molecular formula is C21H25N5O5S2. The summed E-state index contributed by atoms with van der Waals surface area (Å²) in [6.07, 6.45) is 0. The molecule has 0 fully saturated rings. The minimum Gasteiger partial charge on any atom is -0.438 e. The van der Waals surface area contributed by atoms with Crippen molar-refractivity contribution in [3.8, 4) is 0 Å². The largest absolute Gasteiger partial charge is 0.438 e. The van der Waals surface area contributed by atoms with Crippen LogP contribution in [0.4, 0.5) is 11.6 Å². The fourth-order valence-electron chi connectivity index (χ4n) is 2.62. The van der Waals surface area contributed by atoms with Crippen molar-refractivity contribution >= 4 is 39.3 Å². The molecule has 1 amide bonds. The van der Waals surface area contributed by atoms with E-state index in [0.29, 0.717) is 16.7 Å². The second-order valence-electron chi connectivity index (χ2n) is 7.35. The summed E-state index contributed by atoms with van der Waals surface area (Å²) in [7, 11) is -1.08. The normalized spacial score (nSPS) is 12.2. The first-order valence-corrected chi connectivity index (χ1v) is 12.4. The number of aliphatic hydroxyl groups excluding tert-OH is 1. The lowest BCUT2D eigenvalue weighted by Gasteiger charge is -2.14. The average Bonchev–Trinajstić information content (AvgIpc) is 3.28. The molecule has 0 bridgehead atoms. The smallest absolute Gasteiger partial charge is 0.296 e. The Morgan fingerprint density at radius 2 is 1.85 bits per heavy atom. The highest BCUT2D eigenvalue weighted by atomic mass is 32.2. The number of amides is 1. The molecule has 0 spiro atoms. The van der Waals surface area contributed by atoms with E-state index in [1.807, 2.05) is 30.3 Å². The van der Waals surface area contributed by atoms with Gasteiger partial charge in [0, 0.05) is 32.0 Å². The molecule has 0 aliphatic carbocycles. The minimum atomic E-state index is -4.15. The number of nitrogens with one attached hydrogen (secondary N) is 2. The Balaban J connectivity index is 1.85. The molecule has 0 saturated heterocycles. The van der Waals surface area contributed by atoms with Crippen molar-refractivity contribution in [3.05, 3.63) is 59.9 Å². The molecule has 12 heteroatoms. The SMILES string of the molecule is C[C@H](CO)Nc1cc(NS(=O)(=O)c2ccc(C(=O)N(C)C)o2)nc(SCc2ccccc2)n1. The number of furan rings is 1. The average molecular weight is 492 g/mol. The van der Waals surface area contributed by atoms with Crippen molar-refractivity contribution in [2.45, 2.75) is 29.0 Å². The van der Waals surface area contributed by atoms with Gasteiger partial charge >= 0.3 is 0 Å². The number of hydrogen-bond donors (Lipinski definition) is 3. The van der Waals surface area contributed by atoms with E-state index >= 15 is 0 Å². The summed E-state index contributed by atoms with van der Waals surface area (Å²) in [5.41, 5.74) is 1.06. The van der Waals surface area contributed by atoms with Crippen LogP contribution in [-0.2, 0) is 15.8 Å². The fraction of sp³-hybridized carbons (Fsp3) is 0.286. The molecule has 3 rings (SSSR count). The Morgan fingerprint density at radius 3 is 2.52 bits per heavy atom. The van der Waals surface area contributed by atoms with E-state index in [-0.39, 0.29) is 24.2 Å². The molecule has 2 heterocycles. The van der Waals surface area contributed by atoms with Crippen molar-refractivity contribution in [1.82, 2.24) is 14.9 Å². The van der Waals surface area contributed by atoms with E-state index in [4.69, 9.17) is 4.42 Å². The van der Waals surface area contributed by atoms with Crippen LogP contribution in [0.25, 0.3) is 0 Å². The second kappa shape index (κ2) is 10.7. The van der Waals surface area contributed by atoms with Crippen LogP contribution in [-0.4, -0.2) is 61.0 Å². The Bertz CT molecular complexity index is 1200. The van der Waals surface area contributed by atoms with Crippen molar-refractivity contribution < 1.29 is 22.7 Å². The van der Waals surface area contributed by atoms with Crippen LogP contribution in [0.3, 0.4) is 0 Å². The molecule has 0 aliphatic heterocycles. The van der Waals surface area contributed by atoms with Gasteiger partial charge in [-0.1, -0.05) is 42.1 Å². The molecule has 1 atom stereocenters. The number of sulfonamides is 1. The van der Waals surface area contributed by atoms with Gasteiger partial charge in [0.05, 0.1) is 6.61 Å². The molecule has 10 nitrogen and oxygen atoms in total. The van der Waals surface area contributed by atoms with Gasteiger partial charge in [-0.15, -0.1) is 0 Å². The summed E-state index contributed by atoms with van der Waals surface area (Å²) in [5.74, 6) is 0.400. The molecule has 0 radical (unpaired) electrons. The van der Waals surface area contributed by atoms with Crippen molar-refractivity contribution in [3.63, 3.8) is 0 Å². The van der Waals surface area contributed by atoms with E-state index in [2.05, 4.69) is 20.0 Å². The highest BCUT2D eigenvalue weighted by Crippen LogP contribution is 2.25. The maximum absolute atomic E-state index is 12.8. The number of carbonyl (C=O) groups excluding carboxylic acids is 1. The third-order valence-corrected chi connectivity index (χ3v) is 6.43. The molecule has 33 heavy (non-hydrogen) atoms. The van der Waals surface area contributed by atoms with E-state index in [1.54, 1.807) is 6.92 Å². The summed E-state index contributed by atoms with van der Waals surface area (Å²) < 4.78 is 33.3. The second-order valence-corrected chi connectivity index (χ2v) is 9.90. The maximum atomic E-state index is 12.8. The number of hydrogen-bond acceptors (Lipinski definition) is 9. The Labute approximate surface area is 196 Å². The summed E-state index contributed by atoms with van der Waals surface area (Å²) in [6, 6.07) is 13.3. The Kier molecular flexibility index (Phi) is 7.95. The van der Waals surface area contributed by atoms with Crippen LogP contribution in [0.15, 0.2) is 63.2 Å². The van der Waals surface area contributed by atoms with Gasteiger partial charge < -0.3 is 19.7 Å². The minimum absolute atomic E-state index is 0.0186. The fourth-order valence-corrected chi connectivity index (χ4v) is 4.37. The topological polar surface area (TPSA) is 138 Å². The number of aliphatic hydroxyl groups is 1. The van der Waals surface area contributed by atoms with Crippen LogP contribution in [0.2, 0.25) is 0 Å². The standard InChI is InChI=1S/C21H25N5O5S2/c1-14(12-27)22-17-11-18(24-21(23-17)32-13-15-7-5-4-6-8-15)25-33(29,30)19-10-9-16(31-19)20(28)26(2)3/h4-11,14,27H,12-13H2,1-3H3,(H2,22,23,24,25)/t14-/m1/s1. The van der Waals surface area contributed by atoms with Gasteiger partial charge in [-0.05, 0) is 24.6 Å². The number of anilines is 2. The molecule has 0 unspecified atom stereocenters. The lowest BCUT2D eigenvalue weighted by molar-refractivity contribution is 0.0791. The Morgan fingerprint density at radius 1 is 1.15 bits per heavy atom. The predicted octanol–water partition coefficient (Wildman–Crippen LogP) is 2.66. The van der Waals surface area contributed by atoms with Crippen molar-refractivity contribution in [2.75, 3.05) is 30.7 Å². The molecule has 3 N–H and O–H groups in total. The molecule has 0 aliphatic rings. The van der Waals surface area contributed by atoms with Crippen LogP contribution < -0.4 is 10.0 Å². The maximum Gasteiger partial charge on any atom is 0.296 e. The quantitative estimate of drug-likeness (QED) is 0.289. The number of thioether (sulfide) groups is 1. The summed E-state index contributed by atoms with van der Waals surface area (Å²) in [6.45, 7) is 1.63. The number of nitrogens with zero attached hydrogens (tertiary/aromatic N) is 3. The molecule has 2 aromatic heterocycles. The zero-order chi connectivity index (χ0) is 24.0. The zero-order valence-corrected chi connectivity index (χ0v) is 20.0. The number of aromatic nitrogens is 2. The van der Waals surface area contributed by atoms with Gasteiger partial charge in [0.25, 0.3) is 15.9 Å². The highest BCUT2D eigenvalue weighted by molar-refractivity contribution is 7.98. The number of rotatable bonds is 10. The van der Waals surface area contributed by atoms with E-state index < -0.39 is 21.0 Å². The van der Waals surface area contributed by atoms with E-state index in [9.17, 15) is 18.3 Å². The van der Waals surface area contributed by atoms with Crippen LogP contribution in [0, 0.1) is 0 Å². The van der Waals surface area contributed by atoms with Gasteiger partial charge in [-0.2, -0.15) is 8.42 Å². The predicted molar refractivity (Wildman–Crippen MR) is 126 cm³/mol. The molecule has 176 valence electrons. The van der Waals surface area contributed by atoms with Crippen molar-refractivity contribution in [2.24, 2.45) is 0 Å². The van der Waals surface area contributed by atoms with E-state index in [0.717, 1.165) is 5.56 Å². The number of carbonyl (C=O) groups is 1. The van der Waals surface area contributed by atoms with Gasteiger partial charge in [-0.3, -0.25) is 9.52 Å².